The van der Waals surface area contributed by atoms with E-state index in [2.05, 4.69) is 33.2 Å². The minimum absolute atomic E-state index is 0.287. The topological polar surface area (TPSA) is 141 Å². The molecule has 3 atom stereocenters. The van der Waals surface area contributed by atoms with E-state index in [0.717, 1.165) is 0 Å². The zero-order chi connectivity index (χ0) is 20.7. The third-order valence-corrected chi connectivity index (χ3v) is 7.52. The van der Waals surface area contributed by atoms with Gasteiger partial charge in [0, 0.05) is 6.42 Å². The standard InChI is InChI=1S/C17H28N6O4Si/c1-15(2,3)26-11-6-17(28(4)5,27-16(11,8-24)7-22-25)23-10-21-12-13(18)19-9-20-14(12)23/h7,9-11,24-25,28H,6,8H2,1-5H3,(H2,18,19,20)/t11-,16+,17-/m0/s1. The van der Waals surface area contributed by atoms with Crippen LogP contribution in [0.15, 0.2) is 17.8 Å². The molecule has 4 N–H and O–H groups in total. The van der Waals surface area contributed by atoms with E-state index < -0.39 is 38.1 Å². The first-order valence-corrected chi connectivity index (χ1v) is 12.1. The summed E-state index contributed by atoms with van der Waals surface area (Å²) in [4.78, 5) is 12.7. The number of rotatable bonds is 5. The maximum atomic E-state index is 10.2. The van der Waals surface area contributed by atoms with Gasteiger partial charge in [-0.3, -0.25) is 4.57 Å². The minimum atomic E-state index is -1.64. The van der Waals surface area contributed by atoms with Crippen LogP contribution in [0.4, 0.5) is 5.82 Å². The molecule has 1 aliphatic heterocycles. The van der Waals surface area contributed by atoms with Gasteiger partial charge in [-0.05, 0) is 20.8 Å². The monoisotopic (exact) mass is 408 g/mol. The van der Waals surface area contributed by atoms with Gasteiger partial charge in [0.2, 0.25) is 0 Å². The number of hydrogen-bond donors (Lipinski definition) is 3. The van der Waals surface area contributed by atoms with Gasteiger partial charge in [0.25, 0.3) is 0 Å². The van der Waals surface area contributed by atoms with Crippen LogP contribution in [-0.4, -0.2) is 68.8 Å². The maximum absolute atomic E-state index is 10.2. The largest absolute Gasteiger partial charge is 0.411 e. The van der Waals surface area contributed by atoms with Gasteiger partial charge in [-0.2, -0.15) is 0 Å². The van der Waals surface area contributed by atoms with Crippen LogP contribution in [0, 0.1) is 0 Å². The van der Waals surface area contributed by atoms with Crippen molar-refractivity contribution < 1.29 is 19.8 Å². The molecule has 154 valence electrons. The number of fused-ring (bicyclic) bond motifs is 1. The Morgan fingerprint density at radius 3 is 2.71 bits per heavy atom. The first kappa shape index (κ1) is 20.6. The highest BCUT2D eigenvalue weighted by Gasteiger charge is 2.59. The lowest BCUT2D eigenvalue weighted by Gasteiger charge is -2.36. The number of aromatic nitrogens is 4. The van der Waals surface area contributed by atoms with Crippen molar-refractivity contribution in [2.45, 2.75) is 62.9 Å². The number of aliphatic hydroxyl groups excluding tert-OH is 1. The Balaban J connectivity index is 2.18. The molecule has 2 aromatic rings. The Morgan fingerprint density at radius 1 is 1.43 bits per heavy atom. The molecule has 2 aromatic heterocycles. The first-order chi connectivity index (χ1) is 13.1. The lowest BCUT2D eigenvalue weighted by molar-refractivity contribution is -0.140. The molecule has 0 saturated carbocycles. The fraction of sp³-hybridized carbons (Fsp3) is 0.647. The summed E-state index contributed by atoms with van der Waals surface area (Å²) >= 11 is 0. The number of nitrogens with two attached hydrogens (primary N) is 1. The van der Waals surface area contributed by atoms with Crippen molar-refractivity contribution >= 4 is 32.0 Å². The fourth-order valence-electron chi connectivity index (χ4n) is 3.73. The van der Waals surface area contributed by atoms with Crippen molar-refractivity contribution in [2.75, 3.05) is 12.3 Å². The van der Waals surface area contributed by atoms with Crippen molar-refractivity contribution in [3.8, 4) is 0 Å². The molecule has 0 aliphatic carbocycles. The molecule has 3 rings (SSSR count). The molecule has 10 nitrogen and oxygen atoms in total. The van der Waals surface area contributed by atoms with Crippen LogP contribution in [0.1, 0.15) is 27.2 Å². The van der Waals surface area contributed by atoms with E-state index in [1.54, 1.807) is 6.33 Å². The average Bonchev–Trinajstić information content (AvgIpc) is 3.16. The van der Waals surface area contributed by atoms with Crippen LogP contribution in [0.25, 0.3) is 11.2 Å². The lowest BCUT2D eigenvalue weighted by atomic mass is 9.97. The second kappa shape index (κ2) is 7.06. The summed E-state index contributed by atoms with van der Waals surface area (Å²) in [7, 11) is -1.64. The Hall–Kier alpha value is -2.08. The summed E-state index contributed by atoms with van der Waals surface area (Å²) in [6.07, 6.45) is 4.14. The molecule has 28 heavy (non-hydrogen) atoms. The van der Waals surface area contributed by atoms with E-state index in [0.29, 0.717) is 17.6 Å². The Morgan fingerprint density at radius 2 is 2.14 bits per heavy atom. The minimum Gasteiger partial charge on any atom is -0.411 e. The van der Waals surface area contributed by atoms with Crippen LogP contribution in [0.3, 0.4) is 0 Å². The molecule has 1 aliphatic rings. The predicted octanol–water partition coefficient (Wildman–Crippen LogP) is 0.882. The van der Waals surface area contributed by atoms with Gasteiger partial charge in [0.1, 0.15) is 17.2 Å². The van der Waals surface area contributed by atoms with Gasteiger partial charge in [0.05, 0.1) is 39.7 Å². The van der Waals surface area contributed by atoms with Crippen molar-refractivity contribution in [1.29, 1.82) is 0 Å². The number of nitrogens with zero attached hydrogens (tertiary/aromatic N) is 5. The first-order valence-electron chi connectivity index (χ1n) is 9.20. The number of imidazole rings is 1. The molecule has 0 radical (unpaired) electrons. The van der Waals surface area contributed by atoms with Crippen molar-refractivity contribution in [1.82, 2.24) is 19.5 Å². The van der Waals surface area contributed by atoms with Gasteiger partial charge < -0.3 is 25.5 Å². The van der Waals surface area contributed by atoms with Gasteiger partial charge in [-0.15, -0.1) is 0 Å². The van der Waals surface area contributed by atoms with Crippen molar-refractivity contribution in [3.05, 3.63) is 12.7 Å². The molecule has 0 amide bonds. The summed E-state index contributed by atoms with van der Waals surface area (Å²) in [5, 5.41) is 21.8. The van der Waals surface area contributed by atoms with Crippen molar-refractivity contribution in [3.63, 3.8) is 0 Å². The normalized spacial score (nSPS) is 28.8. The number of ether oxygens (including phenoxy) is 2. The number of aliphatic hydroxyl groups is 1. The van der Waals surface area contributed by atoms with Gasteiger partial charge in [0.15, 0.2) is 17.1 Å². The number of anilines is 1. The third kappa shape index (κ3) is 3.28. The quantitative estimate of drug-likeness (QED) is 0.287. The van der Waals surface area contributed by atoms with Crippen LogP contribution in [0.5, 0.6) is 0 Å². The number of oxime groups is 1. The molecular formula is C17H28N6O4Si. The smallest absolute Gasteiger partial charge is 0.167 e. The van der Waals surface area contributed by atoms with E-state index >= 15 is 0 Å². The average molecular weight is 409 g/mol. The highest BCUT2D eigenvalue weighted by molar-refractivity contribution is 6.58. The molecule has 0 bridgehead atoms. The van der Waals surface area contributed by atoms with E-state index in [-0.39, 0.29) is 5.82 Å². The predicted molar refractivity (Wildman–Crippen MR) is 107 cm³/mol. The van der Waals surface area contributed by atoms with Crippen molar-refractivity contribution in [2.24, 2.45) is 5.16 Å². The molecule has 1 saturated heterocycles. The highest BCUT2D eigenvalue weighted by atomic mass is 28.3. The molecule has 0 spiro atoms. The summed E-state index contributed by atoms with van der Waals surface area (Å²) in [6, 6.07) is 0. The van der Waals surface area contributed by atoms with Gasteiger partial charge in [-0.1, -0.05) is 18.2 Å². The highest BCUT2D eigenvalue weighted by Crippen LogP contribution is 2.46. The molecule has 0 unspecified atom stereocenters. The molecule has 3 heterocycles. The molecule has 1 fully saturated rings. The Labute approximate surface area is 165 Å². The summed E-state index contributed by atoms with van der Waals surface area (Å²) in [5.41, 5.74) is 5.21. The van der Waals surface area contributed by atoms with Crippen LogP contribution in [0.2, 0.25) is 13.1 Å². The zero-order valence-electron chi connectivity index (χ0n) is 16.8. The fourth-order valence-corrected chi connectivity index (χ4v) is 5.62. The van der Waals surface area contributed by atoms with Gasteiger partial charge in [-0.25, -0.2) is 15.0 Å². The molecule has 11 heteroatoms. The van der Waals surface area contributed by atoms with E-state index in [4.69, 9.17) is 15.2 Å². The molecular weight excluding hydrogens is 380 g/mol. The SMILES string of the molecule is C[SiH](C)[C@]1(n2cnc3c(N)ncnc32)C[C@H](OC(C)(C)C)[C@@](C=NO)(CO)O1. The van der Waals surface area contributed by atoms with Crippen LogP contribution < -0.4 is 5.73 Å². The van der Waals surface area contributed by atoms with Gasteiger partial charge >= 0.3 is 0 Å². The maximum Gasteiger partial charge on any atom is 0.167 e. The number of hydrogen-bond acceptors (Lipinski definition) is 9. The second-order valence-corrected chi connectivity index (χ2v) is 11.6. The second-order valence-electron chi connectivity index (χ2n) is 8.43. The third-order valence-electron chi connectivity index (χ3n) is 5.08. The molecule has 0 aromatic carbocycles. The Bertz CT molecular complexity index is 882. The Kier molecular flexibility index (Phi) is 5.21. The van der Waals surface area contributed by atoms with E-state index in [9.17, 15) is 10.3 Å². The zero-order valence-corrected chi connectivity index (χ0v) is 18.0. The lowest BCUT2D eigenvalue weighted by Crippen LogP contribution is -2.51. The number of nitrogen functional groups attached to an aromatic ring is 1. The summed E-state index contributed by atoms with van der Waals surface area (Å²) in [6.45, 7) is 9.66. The van der Waals surface area contributed by atoms with E-state index in [1.165, 1.54) is 12.5 Å². The van der Waals surface area contributed by atoms with Crippen LogP contribution >= 0.6 is 0 Å². The summed E-state index contributed by atoms with van der Waals surface area (Å²) in [5.74, 6) is 0.287. The van der Waals surface area contributed by atoms with E-state index in [1.807, 2.05) is 25.3 Å². The van der Waals surface area contributed by atoms with Crippen LogP contribution in [-0.2, 0) is 14.8 Å². The summed E-state index contributed by atoms with van der Waals surface area (Å²) < 4.78 is 14.6.